The number of nitrogens with zero attached hydrogens (tertiary/aromatic N) is 1. The number of nitrogens with one attached hydrogen (secondary N) is 3. The Labute approximate surface area is 232 Å². The molecule has 0 radical (unpaired) electrons. The number of methoxy groups -OCH3 is 2. The highest BCUT2D eigenvalue weighted by Crippen LogP contribution is 2.36. The SMILES string of the molecule is COc1ccc(NC(=O)C(=O)N/N=C\c2cc(Br)c(OCC(=O)Nc3ccc(C)c(Cl)c3)c(OC)c2)cc1. The van der Waals surface area contributed by atoms with Crippen molar-refractivity contribution >= 4 is 62.8 Å². The molecular weight excluding hydrogens is 580 g/mol. The van der Waals surface area contributed by atoms with Crippen molar-refractivity contribution in [2.45, 2.75) is 6.92 Å². The molecule has 3 rings (SSSR count). The molecule has 0 saturated heterocycles. The highest BCUT2D eigenvalue weighted by atomic mass is 79.9. The van der Waals surface area contributed by atoms with Gasteiger partial charge < -0.3 is 24.8 Å². The Hall–Kier alpha value is -4.09. The van der Waals surface area contributed by atoms with E-state index in [1.807, 2.05) is 6.92 Å². The first-order chi connectivity index (χ1) is 18.2. The van der Waals surface area contributed by atoms with Gasteiger partial charge in [0.2, 0.25) is 0 Å². The van der Waals surface area contributed by atoms with Crippen molar-refractivity contribution in [3.8, 4) is 17.2 Å². The van der Waals surface area contributed by atoms with Crippen LogP contribution in [0.3, 0.4) is 0 Å². The Morgan fingerprint density at radius 3 is 2.32 bits per heavy atom. The minimum atomic E-state index is -0.955. The molecule has 3 aromatic carbocycles. The first-order valence-corrected chi connectivity index (χ1v) is 12.2. The van der Waals surface area contributed by atoms with E-state index in [0.717, 1.165) is 5.56 Å². The van der Waals surface area contributed by atoms with Gasteiger partial charge in [0.25, 0.3) is 5.91 Å². The molecule has 0 aliphatic heterocycles. The minimum absolute atomic E-state index is 0.284. The Morgan fingerprint density at radius 1 is 0.947 bits per heavy atom. The molecule has 0 saturated carbocycles. The van der Waals surface area contributed by atoms with E-state index in [0.29, 0.717) is 43.7 Å². The zero-order valence-electron chi connectivity index (χ0n) is 20.6. The van der Waals surface area contributed by atoms with E-state index in [2.05, 4.69) is 37.1 Å². The average Bonchev–Trinajstić information content (AvgIpc) is 2.90. The van der Waals surface area contributed by atoms with Gasteiger partial charge in [-0.3, -0.25) is 14.4 Å². The van der Waals surface area contributed by atoms with Gasteiger partial charge in [-0.1, -0.05) is 17.7 Å². The van der Waals surface area contributed by atoms with Crippen LogP contribution in [0, 0.1) is 6.92 Å². The molecule has 0 bridgehead atoms. The Balaban J connectivity index is 1.57. The number of hydrogen-bond acceptors (Lipinski definition) is 7. The van der Waals surface area contributed by atoms with Gasteiger partial charge in [0.15, 0.2) is 18.1 Å². The number of amides is 3. The second kappa shape index (κ2) is 13.5. The highest BCUT2D eigenvalue weighted by Gasteiger charge is 2.15. The number of anilines is 2. The van der Waals surface area contributed by atoms with Crippen molar-refractivity contribution in [2.75, 3.05) is 31.5 Å². The summed E-state index contributed by atoms with van der Waals surface area (Å²) in [5.41, 5.74) is 4.56. The minimum Gasteiger partial charge on any atom is -0.497 e. The fourth-order valence-corrected chi connectivity index (χ4v) is 3.79. The van der Waals surface area contributed by atoms with E-state index < -0.39 is 11.8 Å². The maximum atomic E-state index is 12.3. The predicted molar refractivity (Wildman–Crippen MR) is 148 cm³/mol. The zero-order valence-corrected chi connectivity index (χ0v) is 23.0. The number of ether oxygens (including phenoxy) is 3. The molecule has 0 aliphatic rings. The zero-order chi connectivity index (χ0) is 27.7. The van der Waals surface area contributed by atoms with Crippen LogP contribution >= 0.6 is 27.5 Å². The molecule has 12 heteroatoms. The van der Waals surface area contributed by atoms with Crippen LogP contribution in [0.15, 0.2) is 64.2 Å². The van der Waals surface area contributed by atoms with E-state index in [9.17, 15) is 14.4 Å². The Bertz CT molecular complexity index is 1360. The maximum absolute atomic E-state index is 12.3. The largest absolute Gasteiger partial charge is 0.497 e. The molecule has 0 unspecified atom stereocenters. The lowest BCUT2D eigenvalue weighted by Gasteiger charge is -2.13. The third-order valence-corrected chi connectivity index (χ3v) is 5.99. The van der Waals surface area contributed by atoms with Crippen LogP contribution in [0.5, 0.6) is 17.2 Å². The van der Waals surface area contributed by atoms with Gasteiger partial charge in [0, 0.05) is 16.4 Å². The summed E-state index contributed by atoms with van der Waals surface area (Å²) in [7, 11) is 2.96. The number of carbonyl (C=O) groups is 3. The smallest absolute Gasteiger partial charge is 0.329 e. The van der Waals surface area contributed by atoms with E-state index in [1.54, 1.807) is 54.6 Å². The summed E-state index contributed by atoms with van der Waals surface area (Å²) < 4.78 is 16.6. The van der Waals surface area contributed by atoms with Crippen LogP contribution in [-0.4, -0.2) is 44.8 Å². The monoisotopic (exact) mass is 602 g/mol. The molecule has 0 heterocycles. The van der Waals surface area contributed by atoms with E-state index in [-0.39, 0.29) is 12.5 Å². The molecule has 0 spiro atoms. The third kappa shape index (κ3) is 7.95. The van der Waals surface area contributed by atoms with Crippen LogP contribution in [0.4, 0.5) is 11.4 Å². The van der Waals surface area contributed by atoms with Gasteiger partial charge in [0.1, 0.15) is 5.75 Å². The van der Waals surface area contributed by atoms with Crippen molar-refractivity contribution in [1.82, 2.24) is 5.43 Å². The first kappa shape index (κ1) is 28.5. The number of aryl methyl sites for hydroxylation is 1. The molecule has 0 atom stereocenters. The molecule has 3 amide bonds. The third-order valence-electron chi connectivity index (χ3n) is 4.99. The fraction of sp³-hybridized carbons (Fsp3) is 0.154. The Kier molecular flexibility index (Phi) is 10.1. The lowest BCUT2D eigenvalue weighted by atomic mass is 10.2. The summed E-state index contributed by atoms with van der Waals surface area (Å²) >= 11 is 9.48. The second-order valence-electron chi connectivity index (χ2n) is 7.72. The first-order valence-electron chi connectivity index (χ1n) is 11.0. The standard InChI is InChI=1S/C26H24BrClN4O6/c1-15-4-5-18(12-21(15)28)30-23(33)14-38-24-20(27)10-16(11-22(24)37-3)13-29-32-26(35)25(34)31-17-6-8-19(36-2)9-7-17/h4-13H,14H2,1-3H3,(H,30,33)(H,31,34)(H,32,35)/b29-13-. The van der Waals surface area contributed by atoms with Crippen LogP contribution < -0.4 is 30.3 Å². The van der Waals surface area contributed by atoms with Crippen LogP contribution in [0.1, 0.15) is 11.1 Å². The molecule has 3 aromatic rings. The van der Waals surface area contributed by atoms with Crippen LogP contribution in [0.2, 0.25) is 5.02 Å². The van der Waals surface area contributed by atoms with E-state index in [4.69, 9.17) is 25.8 Å². The van der Waals surface area contributed by atoms with E-state index >= 15 is 0 Å². The predicted octanol–water partition coefficient (Wildman–Crippen LogP) is 4.53. The second-order valence-corrected chi connectivity index (χ2v) is 8.98. The summed E-state index contributed by atoms with van der Waals surface area (Å²) in [6.07, 6.45) is 1.32. The Morgan fingerprint density at radius 2 is 1.66 bits per heavy atom. The number of halogens is 2. The quantitative estimate of drug-likeness (QED) is 0.187. The van der Waals surface area contributed by atoms with Crippen molar-refractivity contribution in [3.63, 3.8) is 0 Å². The van der Waals surface area contributed by atoms with Gasteiger partial charge in [-0.15, -0.1) is 0 Å². The van der Waals surface area contributed by atoms with Crippen molar-refractivity contribution in [2.24, 2.45) is 5.10 Å². The summed E-state index contributed by atoms with van der Waals surface area (Å²) in [5, 5.41) is 9.52. The van der Waals surface area contributed by atoms with Crippen molar-refractivity contribution in [1.29, 1.82) is 0 Å². The van der Waals surface area contributed by atoms with Crippen LogP contribution in [-0.2, 0) is 14.4 Å². The molecule has 0 fully saturated rings. The summed E-state index contributed by atoms with van der Waals surface area (Å²) in [4.78, 5) is 36.5. The molecule has 38 heavy (non-hydrogen) atoms. The number of carbonyl (C=O) groups excluding carboxylic acids is 3. The fourth-order valence-electron chi connectivity index (χ4n) is 3.04. The topological polar surface area (TPSA) is 127 Å². The van der Waals surface area contributed by atoms with Gasteiger partial charge in [-0.05, 0) is 82.5 Å². The summed E-state index contributed by atoms with van der Waals surface area (Å²) in [6.45, 7) is 1.58. The molecule has 3 N–H and O–H groups in total. The molecular formula is C26H24BrClN4O6. The van der Waals surface area contributed by atoms with Gasteiger partial charge in [-0.2, -0.15) is 5.10 Å². The van der Waals surface area contributed by atoms with Gasteiger partial charge in [0.05, 0.1) is 24.9 Å². The average molecular weight is 604 g/mol. The molecule has 0 aliphatic carbocycles. The normalized spacial score (nSPS) is 10.6. The van der Waals surface area contributed by atoms with E-state index in [1.165, 1.54) is 20.4 Å². The van der Waals surface area contributed by atoms with Crippen LogP contribution in [0.25, 0.3) is 0 Å². The summed E-state index contributed by atoms with van der Waals surface area (Å²) in [5.74, 6) is -1.00. The number of benzene rings is 3. The lowest BCUT2D eigenvalue weighted by molar-refractivity contribution is -0.136. The highest BCUT2D eigenvalue weighted by molar-refractivity contribution is 9.10. The summed E-state index contributed by atoms with van der Waals surface area (Å²) in [6, 6.07) is 14.9. The number of hydrazone groups is 1. The van der Waals surface area contributed by atoms with Gasteiger partial charge >= 0.3 is 11.8 Å². The molecule has 198 valence electrons. The van der Waals surface area contributed by atoms with Crippen molar-refractivity contribution < 1.29 is 28.6 Å². The van der Waals surface area contributed by atoms with Gasteiger partial charge in [-0.25, -0.2) is 5.43 Å². The molecule has 10 nitrogen and oxygen atoms in total. The number of hydrogen-bond donors (Lipinski definition) is 3. The molecule has 0 aromatic heterocycles. The number of rotatable bonds is 9. The van der Waals surface area contributed by atoms with Crippen molar-refractivity contribution in [3.05, 3.63) is 75.2 Å². The maximum Gasteiger partial charge on any atom is 0.329 e. The lowest BCUT2D eigenvalue weighted by Crippen LogP contribution is -2.32.